The van der Waals surface area contributed by atoms with Gasteiger partial charge in [-0.05, 0) is 50.0 Å². The van der Waals surface area contributed by atoms with Crippen LogP contribution in [0.5, 0.6) is 0 Å². The van der Waals surface area contributed by atoms with E-state index in [1.54, 1.807) is 0 Å². The van der Waals surface area contributed by atoms with Crippen molar-refractivity contribution in [3.63, 3.8) is 0 Å². The molecule has 0 saturated heterocycles. The summed E-state index contributed by atoms with van der Waals surface area (Å²) >= 11 is 0. The highest BCUT2D eigenvalue weighted by Gasteiger charge is 2.18. The molecule has 0 unspecified atom stereocenters. The number of hydrogen-bond acceptors (Lipinski definition) is 1. The third-order valence-corrected chi connectivity index (χ3v) is 3.68. The normalized spacial score (nSPS) is 18.2. The van der Waals surface area contributed by atoms with Crippen LogP contribution in [0, 0.1) is 17.8 Å². The van der Waals surface area contributed by atoms with E-state index in [2.05, 4.69) is 33.0 Å². The maximum absolute atomic E-state index is 3.82. The molecule has 1 N–H and O–H groups in total. The average molecular weight is 225 g/mol. The quantitative estimate of drug-likeness (QED) is 0.684. The monoisotopic (exact) mass is 225 g/mol. The van der Waals surface area contributed by atoms with Gasteiger partial charge in [0.25, 0.3) is 0 Å². The Morgan fingerprint density at radius 2 is 1.44 bits per heavy atom. The summed E-state index contributed by atoms with van der Waals surface area (Å²) in [5.74, 6) is 2.61. The minimum atomic E-state index is 0.751. The first-order valence-electron chi connectivity index (χ1n) is 7.31. The van der Waals surface area contributed by atoms with Gasteiger partial charge in [0.05, 0.1) is 0 Å². The first-order valence-corrected chi connectivity index (χ1v) is 7.31. The molecule has 0 aromatic heterocycles. The fourth-order valence-electron chi connectivity index (χ4n) is 2.95. The molecule has 0 aromatic carbocycles. The minimum Gasteiger partial charge on any atom is -0.314 e. The van der Waals surface area contributed by atoms with E-state index in [0.717, 1.165) is 23.8 Å². The van der Waals surface area contributed by atoms with Crippen LogP contribution >= 0.6 is 0 Å². The molecule has 1 aliphatic carbocycles. The van der Waals surface area contributed by atoms with Crippen LogP contribution in [0.25, 0.3) is 0 Å². The zero-order valence-corrected chi connectivity index (χ0v) is 11.8. The van der Waals surface area contributed by atoms with Crippen molar-refractivity contribution in [1.29, 1.82) is 0 Å². The topological polar surface area (TPSA) is 12.0 Å². The van der Waals surface area contributed by atoms with Gasteiger partial charge in [0, 0.05) is 6.04 Å². The molecule has 0 amide bonds. The summed E-state index contributed by atoms with van der Waals surface area (Å²) in [5.41, 5.74) is 0. The van der Waals surface area contributed by atoms with Gasteiger partial charge in [-0.2, -0.15) is 0 Å². The highest BCUT2D eigenvalue weighted by atomic mass is 14.9. The van der Waals surface area contributed by atoms with Crippen molar-refractivity contribution in [2.45, 2.75) is 72.3 Å². The van der Waals surface area contributed by atoms with Crippen LogP contribution in [-0.2, 0) is 0 Å². The van der Waals surface area contributed by atoms with E-state index < -0.39 is 0 Å². The summed E-state index contributed by atoms with van der Waals surface area (Å²) in [7, 11) is 0. The van der Waals surface area contributed by atoms with Crippen LogP contribution in [0.15, 0.2) is 0 Å². The van der Waals surface area contributed by atoms with E-state index in [9.17, 15) is 0 Å². The first kappa shape index (κ1) is 14.0. The molecule has 1 nitrogen and oxygen atoms in total. The van der Waals surface area contributed by atoms with Gasteiger partial charge in [0.15, 0.2) is 0 Å². The lowest BCUT2D eigenvalue weighted by atomic mass is 9.95. The molecule has 1 rings (SSSR count). The summed E-state index contributed by atoms with van der Waals surface area (Å²) in [5, 5.41) is 3.82. The largest absolute Gasteiger partial charge is 0.314 e. The fraction of sp³-hybridized carbons (Fsp3) is 1.00. The van der Waals surface area contributed by atoms with Crippen LogP contribution in [0.1, 0.15) is 66.2 Å². The Morgan fingerprint density at radius 1 is 0.938 bits per heavy atom. The molecule has 16 heavy (non-hydrogen) atoms. The van der Waals surface area contributed by atoms with Gasteiger partial charge in [0.2, 0.25) is 0 Å². The molecule has 96 valence electrons. The summed E-state index contributed by atoms with van der Waals surface area (Å²) in [6, 6.07) is 0.751. The lowest BCUT2D eigenvalue weighted by Crippen LogP contribution is -2.35. The lowest BCUT2D eigenvalue weighted by Gasteiger charge is -2.24. The van der Waals surface area contributed by atoms with Crippen LogP contribution < -0.4 is 5.32 Å². The molecule has 1 saturated carbocycles. The molecule has 0 aromatic rings. The smallest absolute Gasteiger partial charge is 0.00720 e. The Bertz CT molecular complexity index is 158. The molecule has 1 fully saturated rings. The molecular formula is C15H31N. The van der Waals surface area contributed by atoms with Crippen molar-refractivity contribution >= 4 is 0 Å². The molecule has 1 aliphatic rings. The van der Waals surface area contributed by atoms with E-state index in [1.165, 1.54) is 45.1 Å². The van der Waals surface area contributed by atoms with Crippen LogP contribution in [-0.4, -0.2) is 12.6 Å². The van der Waals surface area contributed by atoms with Crippen molar-refractivity contribution in [3.8, 4) is 0 Å². The van der Waals surface area contributed by atoms with Crippen molar-refractivity contribution in [3.05, 3.63) is 0 Å². The Hall–Kier alpha value is -0.0400. The zero-order chi connectivity index (χ0) is 12.0. The molecule has 0 atom stereocenters. The maximum atomic E-state index is 3.82. The second-order valence-electron chi connectivity index (χ2n) is 6.51. The van der Waals surface area contributed by atoms with Crippen molar-refractivity contribution in [2.24, 2.45) is 17.8 Å². The Morgan fingerprint density at radius 3 is 1.88 bits per heavy atom. The van der Waals surface area contributed by atoms with E-state index in [-0.39, 0.29) is 0 Å². The lowest BCUT2D eigenvalue weighted by molar-refractivity contribution is 0.337. The van der Waals surface area contributed by atoms with Crippen LogP contribution in [0.3, 0.4) is 0 Å². The standard InChI is InChI=1S/C15H31N/c1-12(2)9-15(10-13(3)4)16-11-14-7-5-6-8-14/h12-16H,5-11H2,1-4H3. The average Bonchev–Trinajstić information content (AvgIpc) is 2.64. The van der Waals surface area contributed by atoms with Gasteiger partial charge < -0.3 is 5.32 Å². The molecule has 0 heterocycles. The van der Waals surface area contributed by atoms with Gasteiger partial charge in [0.1, 0.15) is 0 Å². The number of hydrogen-bond donors (Lipinski definition) is 1. The second kappa shape index (κ2) is 7.32. The second-order valence-corrected chi connectivity index (χ2v) is 6.51. The minimum absolute atomic E-state index is 0.751. The molecular weight excluding hydrogens is 194 g/mol. The summed E-state index contributed by atoms with van der Waals surface area (Å²) in [6.45, 7) is 10.6. The first-order chi connectivity index (χ1) is 7.58. The van der Waals surface area contributed by atoms with Gasteiger partial charge in [-0.3, -0.25) is 0 Å². The number of rotatable bonds is 7. The van der Waals surface area contributed by atoms with E-state index in [4.69, 9.17) is 0 Å². The summed E-state index contributed by atoms with van der Waals surface area (Å²) in [6.07, 6.45) is 8.53. The number of nitrogens with one attached hydrogen (secondary N) is 1. The molecule has 0 bridgehead atoms. The van der Waals surface area contributed by atoms with Crippen LogP contribution in [0.2, 0.25) is 0 Å². The summed E-state index contributed by atoms with van der Waals surface area (Å²) in [4.78, 5) is 0. The Balaban J connectivity index is 2.24. The maximum Gasteiger partial charge on any atom is 0.00720 e. The van der Waals surface area contributed by atoms with Gasteiger partial charge in [-0.15, -0.1) is 0 Å². The van der Waals surface area contributed by atoms with Gasteiger partial charge in [-0.1, -0.05) is 40.5 Å². The summed E-state index contributed by atoms with van der Waals surface area (Å²) < 4.78 is 0. The van der Waals surface area contributed by atoms with E-state index in [0.29, 0.717) is 0 Å². The third-order valence-electron chi connectivity index (χ3n) is 3.68. The predicted molar refractivity (Wildman–Crippen MR) is 72.7 cm³/mol. The fourth-order valence-corrected chi connectivity index (χ4v) is 2.95. The molecule has 0 radical (unpaired) electrons. The SMILES string of the molecule is CC(C)CC(CC(C)C)NCC1CCCC1. The highest BCUT2D eigenvalue weighted by molar-refractivity contribution is 4.75. The molecule has 0 spiro atoms. The molecule has 1 heteroatoms. The van der Waals surface area contributed by atoms with Crippen LogP contribution in [0.4, 0.5) is 0 Å². The Kier molecular flexibility index (Phi) is 6.41. The van der Waals surface area contributed by atoms with Crippen molar-refractivity contribution in [2.75, 3.05) is 6.54 Å². The van der Waals surface area contributed by atoms with E-state index in [1.807, 2.05) is 0 Å². The van der Waals surface area contributed by atoms with E-state index >= 15 is 0 Å². The predicted octanol–water partition coefficient (Wildman–Crippen LogP) is 4.23. The van der Waals surface area contributed by atoms with Gasteiger partial charge in [-0.25, -0.2) is 0 Å². The zero-order valence-electron chi connectivity index (χ0n) is 11.8. The van der Waals surface area contributed by atoms with Crippen molar-refractivity contribution < 1.29 is 0 Å². The highest BCUT2D eigenvalue weighted by Crippen LogP contribution is 2.24. The Labute approximate surface area is 102 Å². The third kappa shape index (κ3) is 5.89. The van der Waals surface area contributed by atoms with Crippen molar-refractivity contribution in [1.82, 2.24) is 5.32 Å². The molecule has 0 aliphatic heterocycles. The van der Waals surface area contributed by atoms with Gasteiger partial charge >= 0.3 is 0 Å².